The summed E-state index contributed by atoms with van der Waals surface area (Å²) in [5, 5.41) is 8.44. The van der Waals surface area contributed by atoms with E-state index in [0.717, 1.165) is 25.7 Å². The van der Waals surface area contributed by atoms with Gasteiger partial charge in [-0.25, -0.2) is 5.48 Å². The highest BCUT2D eigenvalue weighted by Gasteiger charge is 2.25. The van der Waals surface area contributed by atoms with E-state index in [-0.39, 0.29) is 31.1 Å². The van der Waals surface area contributed by atoms with Crippen molar-refractivity contribution in [3.63, 3.8) is 0 Å². The molecule has 5 nitrogen and oxygen atoms in total. The predicted octanol–water partition coefficient (Wildman–Crippen LogP) is -0.456. The zero-order valence-electron chi connectivity index (χ0n) is 8.24. The lowest BCUT2D eigenvalue weighted by atomic mass is 9.86. The summed E-state index contributed by atoms with van der Waals surface area (Å²) < 4.78 is 0. The van der Waals surface area contributed by atoms with Crippen molar-refractivity contribution in [1.29, 1.82) is 0 Å². The van der Waals surface area contributed by atoms with Gasteiger partial charge in [-0.3, -0.25) is 9.63 Å². The second-order valence-corrected chi connectivity index (χ2v) is 3.66. The van der Waals surface area contributed by atoms with Crippen LogP contribution in [0.25, 0.3) is 0 Å². The molecule has 1 fully saturated rings. The van der Waals surface area contributed by atoms with Gasteiger partial charge in [-0.2, -0.15) is 0 Å². The van der Waals surface area contributed by atoms with Gasteiger partial charge in [0.05, 0.1) is 13.2 Å². The number of aliphatic hydroxyl groups is 1. The Kier molecular flexibility index (Phi) is 4.86. The maximum absolute atomic E-state index is 11.4. The Hall–Kier alpha value is -0.650. The molecule has 2 atom stereocenters. The minimum absolute atomic E-state index is 0.0301. The third-order valence-corrected chi connectivity index (χ3v) is 2.45. The van der Waals surface area contributed by atoms with Crippen LogP contribution in [0.2, 0.25) is 0 Å². The van der Waals surface area contributed by atoms with Crippen molar-refractivity contribution in [2.75, 3.05) is 13.2 Å². The van der Waals surface area contributed by atoms with Crippen LogP contribution in [0.1, 0.15) is 25.7 Å². The molecule has 1 saturated carbocycles. The van der Waals surface area contributed by atoms with Gasteiger partial charge in [-0.1, -0.05) is 6.42 Å². The van der Waals surface area contributed by atoms with E-state index in [4.69, 9.17) is 15.7 Å². The van der Waals surface area contributed by atoms with Crippen LogP contribution in [-0.4, -0.2) is 30.3 Å². The SMILES string of the molecule is N[C@@H]1CCC[C@H](C(=O)NOCCO)C1. The number of hydrogen-bond acceptors (Lipinski definition) is 4. The van der Waals surface area contributed by atoms with Crippen LogP contribution >= 0.6 is 0 Å². The summed E-state index contributed by atoms with van der Waals surface area (Å²) in [5.41, 5.74) is 8.08. The number of nitrogens with two attached hydrogens (primary N) is 1. The molecule has 1 amide bonds. The van der Waals surface area contributed by atoms with E-state index < -0.39 is 0 Å². The van der Waals surface area contributed by atoms with Gasteiger partial charge in [0, 0.05) is 12.0 Å². The van der Waals surface area contributed by atoms with Crippen molar-refractivity contribution >= 4 is 5.91 Å². The van der Waals surface area contributed by atoms with Crippen LogP contribution in [0.5, 0.6) is 0 Å². The molecule has 0 heterocycles. The molecule has 4 N–H and O–H groups in total. The summed E-state index contributed by atoms with van der Waals surface area (Å²) >= 11 is 0. The van der Waals surface area contributed by atoms with Crippen molar-refractivity contribution in [1.82, 2.24) is 5.48 Å². The fourth-order valence-corrected chi connectivity index (χ4v) is 1.72. The number of carbonyl (C=O) groups excluding carboxylic acids is 1. The summed E-state index contributed by atoms with van der Waals surface area (Å²) in [5.74, 6) is -0.147. The van der Waals surface area contributed by atoms with E-state index in [1.807, 2.05) is 0 Å². The Balaban J connectivity index is 2.22. The number of hydroxylamine groups is 1. The van der Waals surface area contributed by atoms with Gasteiger partial charge in [0.2, 0.25) is 5.91 Å². The molecule has 82 valence electrons. The standard InChI is InChI=1S/C9H18N2O3/c10-8-3-1-2-7(6-8)9(13)11-14-5-4-12/h7-8,12H,1-6,10H2,(H,11,13)/t7-,8+/m0/s1. The van der Waals surface area contributed by atoms with Crippen molar-refractivity contribution in [2.24, 2.45) is 11.7 Å². The van der Waals surface area contributed by atoms with Crippen LogP contribution < -0.4 is 11.2 Å². The summed E-state index contributed by atoms with van der Waals surface area (Å²) in [7, 11) is 0. The molecule has 0 unspecified atom stereocenters. The van der Waals surface area contributed by atoms with E-state index in [9.17, 15) is 4.79 Å². The first-order valence-electron chi connectivity index (χ1n) is 5.02. The minimum Gasteiger partial charge on any atom is -0.394 e. The lowest BCUT2D eigenvalue weighted by Crippen LogP contribution is -2.38. The van der Waals surface area contributed by atoms with Crippen molar-refractivity contribution in [3.8, 4) is 0 Å². The van der Waals surface area contributed by atoms with Crippen molar-refractivity contribution < 1.29 is 14.7 Å². The molecule has 14 heavy (non-hydrogen) atoms. The molecule has 0 saturated heterocycles. The largest absolute Gasteiger partial charge is 0.394 e. The number of aliphatic hydroxyl groups excluding tert-OH is 1. The van der Waals surface area contributed by atoms with Crippen LogP contribution in [0.3, 0.4) is 0 Å². The predicted molar refractivity (Wildman–Crippen MR) is 51.1 cm³/mol. The lowest BCUT2D eigenvalue weighted by molar-refractivity contribution is -0.139. The zero-order chi connectivity index (χ0) is 10.4. The second-order valence-electron chi connectivity index (χ2n) is 3.66. The number of carbonyl (C=O) groups is 1. The molecule has 1 rings (SSSR count). The number of nitrogens with one attached hydrogen (secondary N) is 1. The van der Waals surface area contributed by atoms with E-state index in [1.165, 1.54) is 0 Å². The summed E-state index contributed by atoms with van der Waals surface area (Å²) in [6.07, 6.45) is 3.61. The molecule has 5 heteroatoms. The zero-order valence-corrected chi connectivity index (χ0v) is 8.24. The van der Waals surface area contributed by atoms with Crippen molar-refractivity contribution in [3.05, 3.63) is 0 Å². The van der Waals surface area contributed by atoms with Gasteiger partial charge in [-0.15, -0.1) is 0 Å². The average Bonchev–Trinajstić information content (AvgIpc) is 2.18. The van der Waals surface area contributed by atoms with Gasteiger partial charge in [0.1, 0.15) is 0 Å². The Bertz CT molecular complexity index is 187. The number of amides is 1. The second kappa shape index (κ2) is 5.95. The number of rotatable bonds is 4. The first-order chi connectivity index (χ1) is 6.74. The Labute approximate surface area is 83.6 Å². The molecule has 0 radical (unpaired) electrons. The molecule has 1 aliphatic rings. The first kappa shape index (κ1) is 11.4. The van der Waals surface area contributed by atoms with Crippen LogP contribution in [-0.2, 0) is 9.63 Å². The quantitative estimate of drug-likeness (QED) is 0.425. The molecule has 0 aromatic rings. The van der Waals surface area contributed by atoms with Gasteiger partial charge in [0.25, 0.3) is 0 Å². The Morgan fingerprint density at radius 2 is 2.36 bits per heavy atom. The van der Waals surface area contributed by atoms with Gasteiger partial charge >= 0.3 is 0 Å². The fourth-order valence-electron chi connectivity index (χ4n) is 1.72. The molecule has 0 aromatic heterocycles. The molecular formula is C9H18N2O3. The van der Waals surface area contributed by atoms with E-state index >= 15 is 0 Å². The average molecular weight is 202 g/mol. The van der Waals surface area contributed by atoms with Crippen LogP contribution in [0.4, 0.5) is 0 Å². The topological polar surface area (TPSA) is 84.6 Å². The summed E-state index contributed by atoms with van der Waals surface area (Å²) in [6.45, 7) is 0.0367. The number of hydrogen-bond donors (Lipinski definition) is 3. The maximum atomic E-state index is 11.4. The molecule has 0 bridgehead atoms. The fraction of sp³-hybridized carbons (Fsp3) is 0.889. The van der Waals surface area contributed by atoms with Gasteiger partial charge in [0.15, 0.2) is 0 Å². The molecular weight excluding hydrogens is 184 g/mol. The highest BCUT2D eigenvalue weighted by Crippen LogP contribution is 2.22. The normalized spacial score (nSPS) is 27.3. The molecule has 1 aliphatic carbocycles. The van der Waals surface area contributed by atoms with Crippen LogP contribution in [0.15, 0.2) is 0 Å². The third-order valence-electron chi connectivity index (χ3n) is 2.45. The monoisotopic (exact) mass is 202 g/mol. The first-order valence-corrected chi connectivity index (χ1v) is 5.02. The maximum Gasteiger partial charge on any atom is 0.246 e. The molecule has 0 spiro atoms. The van der Waals surface area contributed by atoms with E-state index in [0.29, 0.717) is 0 Å². The Morgan fingerprint density at radius 3 is 3.00 bits per heavy atom. The van der Waals surface area contributed by atoms with Gasteiger partial charge in [-0.05, 0) is 19.3 Å². The highest BCUT2D eigenvalue weighted by atomic mass is 16.7. The van der Waals surface area contributed by atoms with E-state index in [2.05, 4.69) is 5.48 Å². The Morgan fingerprint density at radius 1 is 1.57 bits per heavy atom. The minimum atomic E-state index is -0.117. The van der Waals surface area contributed by atoms with Gasteiger partial charge < -0.3 is 10.8 Å². The smallest absolute Gasteiger partial charge is 0.246 e. The van der Waals surface area contributed by atoms with Crippen LogP contribution in [0, 0.1) is 5.92 Å². The molecule has 0 aromatic carbocycles. The summed E-state index contributed by atoms with van der Waals surface area (Å²) in [6, 6.07) is 0.136. The van der Waals surface area contributed by atoms with E-state index in [1.54, 1.807) is 0 Å². The summed E-state index contributed by atoms with van der Waals surface area (Å²) in [4.78, 5) is 16.2. The third kappa shape index (κ3) is 3.61. The lowest BCUT2D eigenvalue weighted by Gasteiger charge is -2.25. The molecule has 0 aliphatic heterocycles. The highest BCUT2D eigenvalue weighted by molar-refractivity contribution is 5.77. The van der Waals surface area contributed by atoms with Crippen molar-refractivity contribution in [2.45, 2.75) is 31.7 Å².